The highest BCUT2D eigenvalue weighted by Gasteiger charge is 2.39. The molecule has 132 valence electrons. The number of carbonyl (C=O) groups excluding carboxylic acids is 1. The summed E-state index contributed by atoms with van der Waals surface area (Å²) >= 11 is 6.03. The number of hydrogen-bond donors (Lipinski definition) is 0. The summed E-state index contributed by atoms with van der Waals surface area (Å²) in [5.74, 6) is -0.0818. The van der Waals surface area contributed by atoms with Crippen LogP contribution in [0.3, 0.4) is 0 Å². The molecule has 0 radical (unpaired) electrons. The zero-order valence-electron chi connectivity index (χ0n) is 14.0. The average Bonchev–Trinajstić information content (AvgIpc) is 3.09. The third kappa shape index (κ3) is 2.89. The Morgan fingerprint density at radius 1 is 1.19 bits per heavy atom. The van der Waals surface area contributed by atoms with Crippen LogP contribution in [0.5, 0.6) is 0 Å². The lowest BCUT2D eigenvalue weighted by Gasteiger charge is -2.24. The molecule has 6 heteroatoms. The van der Waals surface area contributed by atoms with Crippen LogP contribution in [0.25, 0.3) is 11.0 Å². The second-order valence-corrected chi connectivity index (χ2v) is 6.71. The highest BCUT2D eigenvalue weighted by molar-refractivity contribution is 6.31. The van der Waals surface area contributed by atoms with Gasteiger partial charge in [-0.25, -0.2) is 5.06 Å². The molecular weight excluding hydrogens is 354 g/mol. The second kappa shape index (κ2) is 6.59. The molecule has 0 saturated carbocycles. The van der Waals surface area contributed by atoms with E-state index < -0.39 is 12.1 Å². The molecule has 2 heterocycles. The Labute approximate surface area is 154 Å². The van der Waals surface area contributed by atoms with Gasteiger partial charge in [-0.3, -0.25) is 14.4 Å². The van der Waals surface area contributed by atoms with Crippen LogP contribution in [0, 0.1) is 0 Å². The summed E-state index contributed by atoms with van der Waals surface area (Å²) in [6, 6.07) is 13.9. The lowest BCUT2D eigenvalue weighted by atomic mass is 10.00. The molecule has 1 aliphatic rings. The number of fused-ring (bicyclic) bond motifs is 1. The quantitative estimate of drug-likeness (QED) is 0.689. The van der Waals surface area contributed by atoms with Crippen LogP contribution in [0.1, 0.15) is 24.9 Å². The number of Topliss-reactive ketones (excluding diaryl/α,β-unsaturated/α-hetero) is 1. The van der Waals surface area contributed by atoms with Gasteiger partial charge in [-0.2, -0.15) is 0 Å². The van der Waals surface area contributed by atoms with Gasteiger partial charge in [0, 0.05) is 11.4 Å². The van der Waals surface area contributed by atoms with E-state index in [4.69, 9.17) is 20.9 Å². The van der Waals surface area contributed by atoms with Crippen LogP contribution in [-0.4, -0.2) is 11.9 Å². The van der Waals surface area contributed by atoms with Gasteiger partial charge in [-0.05, 0) is 37.3 Å². The number of rotatable bonds is 3. The van der Waals surface area contributed by atoms with Crippen molar-refractivity contribution in [2.75, 3.05) is 5.06 Å². The normalized spacial score (nSPS) is 19.8. The third-order valence-electron chi connectivity index (χ3n) is 4.55. The highest BCUT2D eigenvalue weighted by Crippen LogP contribution is 2.37. The smallest absolute Gasteiger partial charge is 0.198 e. The first-order chi connectivity index (χ1) is 12.5. The van der Waals surface area contributed by atoms with Gasteiger partial charge in [-0.1, -0.05) is 29.8 Å². The molecule has 2 aromatic carbocycles. The van der Waals surface area contributed by atoms with E-state index in [1.165, 1.54) is 13.2 Å². The molecule has 1 fully saturated rings. The number of hydroxylamine groups is 1. The van der Waals surface area contributed by atoms with Crippen molar-refractivity contribution in [3.05, 3.63) is 75.6 Å². The zero-order chi connectivity index (χ0) is 18.3. The van der Waals surface area contributed by atoms with E-state index in [0.717, 1.165) is 5.69 Å². The summed E-state index contributed by atoms with van der Waals surface area (Å²) in [5, 5.41) is 2.50. The van der Waals surface area contributed by atoms with E-state index in [9.17, 15) is 9.59 Å². The van der Waals surface area contributed by atoms with Gasteiger partial charge in [0.05, 0.1) is 22.7 Å². The van der Waals surface area contributed by atoms with Crippen molar-refractivity contribution < 1.29 is 14.0 Å². The summed E-state index contributed by atoms with van der Waals surface area (Å²) in [4.78, 5) is 30.8. The lowest BCUT2D eigenvalue weighted by molar-refractivity contribution is -0.126. The summed E-state index contributed by atoms with van der Waals surface area (Å²) in [6.07, 6.45) is 1.22. The van der Waals surface area contributed by atoms with Gasteiger partial charge < -0.3 is 4.42 Å². The number of para-hydroxylation sites is 1. The first-order valence-corrected chi connectivity index (χ1v) is 8.65. The molecule has 1 saturated heterocycles. The molecule has 5 nitrogen and oxygen atoms in total. The summed E-state index contributed by atoms with van der Waals surface area (Å²) < 4.78 is 5.65. The molecule has 1 aliphatic heterocycles. The van der Waals surface area contributed by atoms with Crippen molar-refractivity contribution in [2.45, 2.75) is 25.5 Å². The molecule has 4 rings (SSSR count). The Balaban J connectivity index is 1.84. The van der Waals surface area contributed by atoms with E-state index in [2.05, 4.69) is 0 Å². The standard InChI is InChI=1S/C20H16ClNO4/c1-12(23)19-10-17(22(26-19)14-5-3-2-4-6-14)16-11-25-18-8-7-13(21)9-15(18)20(16)24/h2-9,11,17,19H,10H2,1H3/t17-,19+/m0/s1. The molecular formula is C20H16ClNO4. The van der Waals surface area contributed by atoms with Crippen LogP contribution in [-0.2, 0) is 9.63 Å². The van der Waals surface area contributed by atoms with E-state index in [0.29, 0.717) is 28.0 Å². The predicted octanol–water partition coefficient (Wildman–Crippen LogP) is 4.29. The van der Waals surface area contributed by atoms with E-state index >= 15 is 0 Å². The van der Waals surface area contributed by atoms with Crippen LogP contribution in [0.4, 0.5) is 5.69 Å². The molecule has 1 aromatic heterocycles. The van der Waals surface area contributed by atoms with Crippen LogP contribution in [0.2, 0.25) is 5.02 Å². The van der Waals surface area contributed by atoms with Crippen molar-refractivity contribution in [3.63, 3.8) is 0 Å². The van der Waals surface area contributed by atoms with Crippen molar-refractivity contribution in [1.82, 2.24) is 0 Å². The topological polar surface area (TPSA) is 59.8 Å². The largest absolute Gasteiger partial charge is 0.464 e. The van der Waals surface area contributed by atoms with E-state index in [1.807, 2.05) is 30.3 Å². The van der Waals surface area contributed by atoms with Crippen LogP contribution in [0.15, 0.2) is 64.0 Å². The minimum Gasteiger partial charge on any atom is -0.464 e. The highest BCUT2D eigenvalue weighted by atomic mass is 35.5. The number of ketones is 1. The lowest BCUT2D eigenvalue weighted by Crippen LogP contribution is -2.26. The summed E-state index contributed by atoms with van der Waals surface area (Å²) in [7, 11) is 0. The van der Waals surface area contributed by atoms with Gasteiger partial charge in [0.2, 0.25) is 0 Å². The minimum atomic E-state index is -0.602. The average molecular weight is 370 g/mol. The molecule has 0 amide bonds. The second-order valence-electron chi connectivity index (χ2n) is 6.28. The van der Waals surface area contributed by atoms with Gasteiger partial charge in [0.25, 0.3) is 0 Å². The fourth-order valence-corrected chi connectivity index (χ4v) is 3.38. The Morgan fingerprint density at radius 3 is 2.69 bits per heavy atom. The van der Waals surface area contributed by atoms with Crippen LogP contribution >= 0.6 is 11.6 Å². The first kappa shape index (κ1) is 16.8. The summed E-state index contributed by atoms with van der Waals surface area (Å²) in [5.41, 5.74) is 1.50. The number of carbonyl (C=O) groups is 1. The minimum absolute atomic E-state index is 0.0818. The van der Waals surface area contributed by atoms with Gasteiger partial charge >= 0.3 is 0 Å². The van der Waals surface area contributed by atoms with E-state index in [-0.39, 0.29) is 11.2 Å². The summed E-state index contributed by atoms with van der Waals surface area (Å²) in [6.45, 7) is 1.48. The van der Waals surface area contributed by atoms with Crippen molar-refractivity contribution >= 4 is 34.0 Å². The fourth-order valence-electron chi connectivity index (χ4n) is 3.21. The molecule has 0 aliphatic carbocycles. The SMILES string of the molecule is CC(=O)[C@H]1C[C@@H](c2coc3ccc(Cl)cc3c2=O)N(c2ccccc2)O1. The molecule has 0 spiro atoms. The fraction of sp³-hybridized carbons (Fsp3) is 0.200. The third-order valence-corrected chi connectivity index (χ3v) is 4.78. The van der Waals surface area contributed by atoms with Crippen molar-refractivity contribution in [3.8, 4) is 0 Å². The maximum Gasteiger partial charge on any atom is 0.198 e. The van der Waals surface area contributed by atoms with Gasteiger partial charge in [-0.15, -0.1) is 0 Å². The predicted molar refractivity (Wildman–Crippen MR) is 99.3 cm³/mol. The Kier molecular flexibility index (Phi) is 4.26. The maximum atomic E-state index is 13.0. The van der Waals surface area contributed by atoms with Crippen LogP contribution < -0.4 is 10.5 Å². The zero-order valence-corrected chi connectivity index (χ0v) is 14.8. The Hall–Kier alpha value is -2.63. The number of hydrogen-bond acceptors (Lipinski definition) is 5. The molecule has 0 N–H and O–H groups in total. The van der Waals surface area contributed by atoms with Crippen molar-refractivity contribution in [2.24, 2.45) is 0 Å². The molecule has 26 heavy (non-hydrogen) atoms. The monoisotopic (exact) mass is 369 g/mol. The molecule has 2 atom stereocenters. The Morgan fingerprint density at radius 2 is 1.96 bits per heavy atom. The number of benzene rings is 2. The van der Waals surface area contributed by atoms with Gasteiger partial charge in [0.15, 0.2) is 11.2 Å². The van der Waals surface area contributed by atoms with E-state index in [1.54, 1.807) is 23.3 Å². The first-order valence-electron chi connectivity index (χ1n) is 8.27. The molecule has 0 bridgehead atoms. The van der Waals surface area contributed by atoms with Gasteiger partial charge in [0.1, 0.15) is 18.0 Å². The number of nitrogens with zero attached hydrogens (tertiary/aromatic N) is 1. The number of halogens is 1. The molecule has 3 aromatic rings. The maximum absolute atomic E-state index is 13.0. The number of anilines is 1. The van der Waals surface area contributed by atoms with Crippen molar-refractivity contribution in [1.29, 1.82) is 0 Å². The molecule has 0 unspecified atom stereocenters. The Bertz CT molecular complexity index is 1030.